The van der Waals surface area contributed by atoms with E-state index in [2.05, 4.69) is 0 Å². The van der Waals surface area contributed by atoms with Crippen molar-refractivity contribution in [3.8, 4) is 0 Å². The Morgan fingerprint density at radius 2 is 0.941 bits per heavy atom. The third-order valence-electron chi connectivity index (χ3n) is 5.89. The minimum Gasteiger partial charge on any atom is -0.0533 e. The van der Waals surface area contributed by atoms with Crippen LogP contribution in [0.15, 0.2) is 0 Å². The zero-order chi connectivity index (χ0) is 11.5. The number of hydrogen-bond donors (Lipinski definition) is 0. The first-order valence-electron chi connectivity index (χ1n) is 8.45. The maximum absolute atomic E-state index is 1.61. The predicted molar refractivity (Wildman–Crippen MR) is 74.0 cm³/mol. The Bertz CT molecular complexity index is 226. The first-order valence-corrected chi connectivity index (χ1v) is 8.45. The average molecular weight is 234 g/mol. The quantitative estimate of drug-likeness (QED) is 0.557. The fraction of sp³-hybridized carbons (Fsp3) is 1.00. The van der Waals surface area contributed by atoms with E-state index >= 15 is 0 Å². The van der Waals surface area contributed by atoms with Crippen LogP contribution < -0.4 is 0 Å². The lowest BCUT2D eigenvalue weighted by molar-refractivity contribution is 0.197. The van der Waals surface area contributed by atoms with E-state index in [0.29, 0.717) is 0 Å². The Balaban J connectivity index is 1.59. The van der Waals surface area contributed by atoms with E-state index in [1.807, 2.05) is 0 Å². The summed E-state index contributed by atoms with van der Waals surface area (Å²) in [4.78, 5) is 0. The van der Waals surface area contributed by atoms with Gasteiger partial charge in [0.15, 0.2) is 0 Å². The van der Waals surface area contributed by atoms with Crippen molar-refractivity contribution in [2.24, 2.45) is 23.7 Å². The maximum atomic E-state index is 1.61. The van der Waals surface area contributed by atoms with Gasteiger partial charge >= 0.3 is 0 Å². The molecule has 0 amide bonds. The summed E-state index contributed by atoms with van der Waals surface area (Å²) in [6.45, 7) is 0. The van der Waals surface area contributed by atoms with Gasteiger partial charge in [-0.1, -0.05) is 70.6 Å². The first-order chi connectivity index (χ1) is 8.45. The van der Waals surface area contributed by atoms with Crippen molar-refractivity contribution in [1.82, 2.24) is 0 Å². The molecule has 3 aliphatic carbocycles. The molecule has 0 N–H and O–H groups in total. The molecule has 17 heavy (non-hydrogen) atoms. The highest BCUT2D eigenvalue weighted by Crippen LogP contribution is 2.53. The fourth-order valence-electron chi connectivity index (χ4n) is 4.81. The highest BCUT2D eigenvalue weighted by atomic mass is 14.5. The third-order valence-corrected chi connectivity index (χ3v) is 5.89. The summed E-state index contributed by atoms with van der Waals surface area (Å²) in [5.74, 6) is 4.63. The van der Waals surface area contributed by atoms with Gasteiger partial charge < -0.3 is 0 Å². The SMILES string of the molecule is C1CCCC2CC2C(C2CCCCC2)CCC1. The molecule has 0 aromatic carbocycles. The molecule has 3 unspecified atom stereocenters. The van der Waals surface area contributed by atoms with Crippen molar-refractivity contribution in [3.05, 3.63) is 0 Å². The van der Waals surface area contributed by atoms with Crippen LogP contribution in [0.2, 0.25) is 0 Å². The topological polar surface area (TPSA) is 0 Å². The molecule has 0 radical (unpaired) electrons. The van der Waals surface area contributed by atoms with Gasteiger partial charge in [0, 0.05) is 0 Å². The summed E-state index contributed by atoms with van der Waals surface area (Å²) in [6.07, 6.45) is 20.2. The summed E-state index contributed by atoms with van der Waals surface area (Å²) in [7, 11) is 0. The lowest BCUT2D eigenvalue weighted by Gasteiger charge is -2.31. The standard InChI is InChI=1S/C17H30/c1-2-5-11-15-13-17(15)16(12-8-3-1)14-9-6-4-7-10-14/h14-17H,1-13H2. The van der Waals surface area contributed by atoms with Crippen LogP contribution in [0.4, 0.5) is 0 Å². The largest absolute Gasteiger partial charge is 0.0533 e. The van der Waals surface area contributed by atoms with Crippen LogP contribution in [0.5, 0.6) is 0 Å². The summed E-state index contributed by atoms with van der Waals surface area (Å²) in [5.41, 5.74) is 0. The van der Waals surface area contributed by atoms with Crippen LogP contribution >= 0.6 is 0 Å². The van der Waals surface area contributed by atoms with E-state index in [9.17, 15) is 0 Å². The lowest BCUT2D eigenvalue weighted by atomic mass is 9.74. The van der Waals surface area contributed by atoms with Gasteiger partial charge in [0.05, 0.1) is 0 Å². The summed E-state index contributed by atoms with van der Waals surface area (Å²) >= 11 is 0. The number of fused-ring (bicyclic) bond motifs is 1. The van der Waals surface area contributed by atoms with Crippen LogP contribution in [0.3, 0.4) is 0 Å². The molecule has 3 atom stereocenters. The van der Waals surface area contributed by atoms with Gasteiger partial charge in [-0.25, -0.2) is 0 Å². The normalized spacial score (nSPS) is 40.6. The molecular formula is C17H30. The molecule has 3 fully saturated rings. The fourth-order valence-corrected chi connectivity index (χ4v) is 4.81. The molecule has 0 heteroatoms. The molecule has 3 saturated carbocycles. The molecule has 0 bridgehead atoms. The second-order valence-corrected chi connectivity index (χ2v) is 7.07. The zero-order valence-electron chi connectivity index (χ0n) is 11.5. The van der Waals surface area contributed by atoms with Crippen molar-refractivity contribution < 1.29 is 0 Å². The summed E-state index contributed by atoms with van der Waals surface area (Å²) in [6, 6.07) is 0. The Kier molecular flexibility index (Phi) is 4.08. The summed E-state index contributed by atoms with van der Waals surface area (Å²) < 4.78 is 0. The van der Waals surface area contributed by atoms with E-state index in [1.165, 1.54) is 37.5 Å². The first kappa shape index (κ1) is 12.1. The van der Waals surface area contributed by atoms with Crippen molar-refractivity contribution in [1.29, 1.82) is 0 Å². The van der Waals surface area contributed by atoms with Crippen molar-refractivity contribution in [2.75, 3.05) is 0 Å². The van der Waals surface area contributed by atoms with Gasteiger partial charge in [0.1, 0.15) is 0 Å². The Labute approximate surface area is 108 Å². The second kappa shape index (κ2) is 5.76. The third kappa shape index (κ3) is 3.06. The molecule has 0 heterocycles. The highest BCUT2D eigenvalue weighted by Gasteiger charge is 2.44. The van der Waals surface area contributed by atoms with Crippen LogP contribution in [0, 0.1) is 23.7 Å². The van der Waals surface area contributed by atoms with E-state index in [1.54, 1.807) is 57.8 Å². The molecule has 98 valence electrons. The summed E-state index contributed by atoms with van der Waals surface area (Å²) in [5, 5.41) is 0. The van der Waals surface area contributed by atoms with Gasteiger partial charge in [-0.05, 0) is 36.5 Å². The smallest absolute Gasteiger partial charge is 0.0352 e. The van der Waals surface area contributed by atoms with Gasteiger partial charge in [-0.3, -0.25) is 0 Å². The molecule has 3 aliphatic rings. The lowest BCUT2D eigenvalue weighted by Crippen LogP contribution is -2.21. The Hall–Kier alpha value is 0. The average Bonchev–Trinajstić information content (AvgIpc) is 3.14. The highest BCUT2D eigenvalue weighted by molar-refractivity contribution is 4.94. The monoisotopic (exact) mass is 234 g/mol. The zero-order valence-corrected chi connectivity index (χ0v) is 11.5. The molecular weight excluding hydrogens is 204 g/mol. The van der Waals surface area contributed by atoms with E-state index in [-0.39, 0.29) is 0 Å². The molecule has 0 aliphatic heterocycles. The molecule has 0 nitrogen and oxygen atoms in total. The van der Waals surface area contributed by atoms with Gasteiger partial charge in [-0.15, -0.1) is 0 Å². The number of hydrogen-bond acceptors (Lipinski definition) is 0. The van der Waals surface area contributed by atoms with E-state index < -0.39 is 0 Å². The maximum Gasteiger partial charge on any atom is -0.0352 e. The molecule has 0 saturated heterocycles. The van der Waals surface area contributed by atoms with E-state index in [0.717, 1.165) is 11.8 Å². The van der Waals surface area contributed by atoms with Gasteiger partial charge in [0.25, 0.3) is 0 Å². The predicted octanol–water partition coefficient (Wildman–Crippen LogP) is 5.56. The van der Waals surface area contributed by atoms with Crippen molar-refractivity contribution in [2.45, 2.75) is 83.5 Å². The number of rotatable bonds is 1. The molecule has 0 aromatic heterocycles. The van der Waals surface area contributed by atoms with Gasteiger partial charge in [-0.2, -0.15) is 0 Å². The minimum atomic E-state index is 1.14. The minimum absolute atomic E-state index is 1.14. The van der Waals surface area contributed by atoms with Crippen molar-refractivity contribution in [3.63, 3.8) is 0 Å². The Morgan fingerprint density at radius 3 is 1.71 bits per heavy atom. The second-order valence-electron chi connectivity index (χ2n) is 7.07. The van der Waals surface area contributed by atoms with Gasteiger partial charge in [0.2, 0.25) is 0 Å². The van der Waals surface area contributed by atoms with Crippen LogP contribution in [-0.2, 0) is 0 Å². The van der Waals surface area contributed by atoms with Crippen LogP contribution in [-0.4, -0.2) is 0 Å². The molecule has 0 aromatic rings. The molecule has 0 spiro atoms. The Morgan fingerprint density at radius 1 is 0.412 bits per heavy atom. The van der Waals surface area contributed by atoms with E-state index in [4.69, 9.17) is 0 Å². The molecule has 3 rings (SSSR count). The van der Waals surface area contributed by atoms with Crippen LogP contribution in [0.1, 0.15) is 83.5 Å². The van der Waals surface area contributed by atoms with Crippen LogP contribution in [0.25, 0.3) is 0 Å². The van der Waals surface area contributed by atoms with Crippen molar-refractivity contribution >= 4 is 0 Å².